The number of para-hydroxylation sites is 2. The first-order valence-corrected chi connectivity index (χ1v) is 69.2. The molecule has 0 saturated carbocycles. The van der Waals surface area contributed by atoms with Gasteiger partial charge in [0.05, 0.1) is 34.2 Å². The average Bonchev–Trinajstić information content (AvgIpc) is 1.68. The fourth-order valence-electron chi connectivity index (χ4n) is 17.5. The molecule has 0 radical (unpaired) electrons. The van der Waals surface area contributed by atoms with Gasteiger partial charge in [-0.1, -0.05) is 235 Å². The molecule has 8 nitrogen and oxygen atoms in total. The first kappa shape index (κ1) is 94.1. The summed E-state index contributed by atoms with van der Waals surface area (Å²) < 4.78 is 13.1. The zero-order valence-corrected chi connectivity index (χ0v) is 87.4. The molecule has 0 aliphatic heterocycles. The SMILES string of the molecule is Cc1cccc(C)c1-c1cc(-c2cccc(-c3cc(-c4c(C)cc(C(C)(C)C)cc4C)ccc3O)n2)nc(-c2cc3oc4ccccc4c3c(-c3ccccc3)c2O)c1.[CH2-]c1ccc(-c2c(C)cc(C(C)(C)C)cc2C)cc1-c1cccc(-c2cc(-c3c(C)cccc3C)cc(-c3cc4oc5ccccc5c4c(-c4ccccc4)c3[CH2-])n2)n1.[Cl][Pt]([Cl])([Cl])[Cl].[K][K].[Pt+2]. The average molecular weight is 2150 g/mol. The second-order valence-electron chi connectivity index (χ2n) is 34.0. The van der Waals surface area contributed by atoms with Gasteiger partial charge in [0, 0.05) is 44.2 Å². The van der Waals surface area contributed by atoms with E-state index >= 15 is 0 Å². The Morgan fingerprint density at radius 1 is 0.302 bits per heavy atom. The van der Waals surface area contributed by atoms with Gasteiger partial charge in [0.15, 0.2) is 0 Å². The number of rotatable bonds is 12. The third kappa shape index (κ3) is 20.1. The summed E-state index contributed by atoms with van der Waals surface area (Å²) in [6, 6.07) is 95.4. The molecule has 126 heavy (non-hydrogen) atoms. The second-order valence-corrected chi connectivity index (χ2v) is 53.7. The molecular formula is C110H94Cl4K2N4O4Pt2. The van der Waals surface area contributed by atoms with Crippen molar-refractivity contribution in [2.24, 2.45) is 0 Å². The zero-order valence-electron chi connectivity index (χ0n) is 73.6. The predicted octanol–water partition coefficient (Wildman–Crippen LogP) is 31.6. The van der Waals surface area contributed by atoms with Gasteiger partial charge in [-0.15, -0.1) is 23.3 Å². The summed E-state index contributed by atoms with van der Waals surface area (Å²) >= 11 is -0.556. The number of benzene rings is 12. The summed E-state index contributed by atoms with van der Waals surface area (Å²) in [5.74, 6) is 0.271. The number of hydrogen-bond donors (Lipinski definition) is 2. The molecule has 0 aliphatic carbocycles. The van der Waals surface area contributed by atoms with Crippen LogP contribution in [0.1, 0.15) is 108 Å². The minimum absolute atomic E-state index is 0. The van der Waals surface area contributed by atoms with Crippen molar-refractivity contribution in [3.05, 3.63) is 360 Å². The van der Waals surface area contributed by atoms with Crippen molar-refractivity contribution in [1.29, 1.82) is 0 Å². The maximum Gasteiger partial charge on any atom is 2.00 e. The molecule has 6 aromatic heterocycles. The molecule has 0 amide bonds. The van der Waals surface area contributed by atoms with Crippen LogP contribution in [0.25, 0.3) is 178 Å². The molecule has 628 valence electrons. The van der Waals surface area contributed by atoms with Gasteiger partial charge >= 0.3 is 134 Å². The van der Waals surface area contributed by atoms with Crippen molar-refractivity contribution < 1.29 is 52.0 Å². The smallest absolute Gasteiger partial charge is 2.00 e. The molecule has 0 bridgehead atoms. The van der Waals surface area contributed by atoms with E-state index in [1.165, 1.54) is 119 Å². The van der Waals surface area contributed by atoms with Crippen LogP contribution < -0.4 is 0 Å². The van der Waals surface area contributed by atoms with E-state index in [0.29, 0.717) is 45.0 Å². The van der Waals surface area contributed by atoms with E-state index < -0.39 is 11.9 Å². The third-order valence-electron chi connectivity index (χ3n) is 23.3. The maximum atomic E-state index is 12.4. The summed E-state index contributed by atoms with van der Waals surface area (Å²) in [5.41, 5.74) is 38.5. The Balaban J connectivity index is 0.000000189. The molecule has 16 heteroatoms. The molecule has 18 aromatic rings. The summed E-state index contributed by atoms with van der Waals surface area (Å²) in [6.45, 7) is 40.1. The van der Waals surface area contributed by atoms with E-state index in [0.717, 1.165) is 145 Å². The summed E-state index contributed by atoms with van der Waals surface area (Å²) in [6.07, 6.45) is 0. The number of furan rings is 2. The molecule has 0 atom stereocenters. The zero-order chi connectivity index (χ0) is 88.8. The summed E-state index contributed by atoms with van der Waals surface area (Å²) in [5, 5.41) is 27.7. The molecule has 12 aromatic carbocycles. The van der Waals surface area contributed by atoms with E-state index in [1.807, 2.05) is 115 Å². The van der Waals surface area contributed by atoms with E-state index in [2.05, 4.69) is 262 Å². The molecule has 0 spiro atoms. The number of hydrogen-bond acceptors (Lipinski definition) is 8. The second kappa shape index (κ2) is 39.4. The Hall–Kier alpha value is -8.01. The Morgan fingerprint density at radius 2 is 0.643 bits per heavy atom. The summed E-state index contributed by atoms with van der Waals surface area (Å²) in [4.78, 5) is 21.2. The Labute approximate surface area is 818 Å². The van der Waals surface area contributed by atoms with E-state index in [9.17, 15) is 10.2 Å². The minimum atomic E-state index is -3.06. The first-order chi connectivity index (χ1) is 59.7. The maximum absolute atomic E-state index is 12.4. The van der Waals surface area contributed by atoms with Gasteiger partial charge in [-0.3, -0.25) is 9.97 Å². The number of nitrogens with zero attached hydrogens (tertiary/aromatic N) is 4. The fraction of sp³-hybridized carbons (Fsp3) is 0.145. The molecule has 0 aliphatic rings. The van der Waals surface area contributed by atoms with Crippen LogP contribution in [-0.2, 0) is 43.8 Å². The standard InChI is InChI=1S/C56H48N2O.C54H46N2O3.4ClH.2K.2Pt/c1-33-25-26-40(53-36(4)27-42(28-37(53)5)56(7,8)9)29-44(33)46-22-16-23-47(57-46)49-31-41(52-34(2)17-15-18-35(52)3)30-48(58-49)45-32-51-55(43-21-13-14-24-50(43)59-51)54(38(45)6)39-19-11-10-12-20-39;1-31-15-13-16-32(2)49(31)37-28-44(41-30-48-52(39-19-11-12-22-47(39)59-48)51(53(41)58)35-17-9-8-10-18-35)56-45(29-37)43-21-14-20-42(55-43)40-27-36(23-24-46(40)57)50-33(3)25-38(26-34(50)4)54(5,6)7;;;;;;;;/h10-32H,1,6H2,2-5,7-9H3;8-30,57-58H,1-7H3;4*1H;;;;/q-2;;;;;;;;+2;+4/p-4. The fourth-order valence-corrected chi connectivity index (χ4v) is 17.5. The van der Waals surface area contributed by atoms with Crippen LogP contribution in [0.5, 0.6) is 11.5 Å². The van der Waals surface area contributed by atoms with Crippen LogP contribution >= 0.6 is 37.7 Å². The predicted molar refractivity (Wildman–Crippen MR) is 526 cm³/mol. The van der Waals surface area contributed by atoms with Gasteiger partial charge < -0.3 is 19.0 Å². The number of halogens is 4. The molecular weight excluding hydrogens is 2050 g/mol. The van der Waals surface area contributed by atoms with E-state index in [4.69, 9.17) is 73.4 Å². The van der Waals surface area contributed by atoms with Gasteiger partial charge in [0.1, 0.15) is 33.8 Å². The van der Waals surface area contributed by atoms with Gasteiger partial charge in [-0.25, -0.2) is 9.97 Å². The van der Waals surface area contributed by atoms with Crippen LogP contribution in [0.3, 0.4) is 0 Å². The van der Waals surface area contributed by atoms with Gasteiger partial charge in [0.25, 0.3) is 0 Å². The monoisotopic (exact) mass is 2140 g/mol. The van der Waals surface area contributed by atoms with Crippen molar-refractivity contribution in [2.45, 2.75) is 108 Å². The van der Waals surface area contributed by atoms with Crippen molar-refractivity contribution >= 4 is 145 Å². The van der Waals surface area contributed by atoms with Gasteiger partial charge in [-0.05, 0) is 256 Å². The Bertz CT molecular complexity index is 6680. The van der Waals surface area contributed by atoms with Crippen molar-refractivity contribution in [1.82, 2.24) is 19.9 Å². The largest absolute Gasteiger partial charge is 2.00 e. The molecule has 0 fully saturated rings. The van der Waals surface area contributed by atoms with Gasteiger partial charge in [-0.2, -0.15) is 31.0 Å². The number of aryl methyl sites for hydroxylation is 8. The molecule has 6 heterocycles. The quantitative estimate of drug-likeness (QED) is 0.0917. The van der Waals surface area contributed by atoms with Crippen LogP contribution in [0.4, 0.5) is 0 Å². The number of phenols is 2. The number of aromatic hydroxyl groups is 2. The first-order valence-electron chi connectivity index (χ1n) is 41.9. The van der Waals surface area contributed by atoms with Crippen LogP contribution in [0, 0.1) is 69.2 Å². The third-order valence-corrected chi connectivity index (χ3v) is 23.3. The van der Waals surface area contributed by atoms with E-state index in [1.54, 1.807) is 6.07 Å². The molecule has 0 saturated heterocycles. The van der Waals surface area contributed by atoms with Gasteiger partial charge in [0.2, 0.25) is 0 Å². The van der Waals surface area contributed by atoms with Crippen LogP contribution in [0.15, 0.2) is 288 Å². The number of phenolic OH excluding ortho intramolecular Hbond substituents is 2. The topological polar surface area (TPSA) is 118 Å². The van der Waals surface area contributed by atoms with E-state index in [-0.39, 0.29) is 43.4 Å². The Morgan fingerprint density at radius 3 is 1.09 bits per heavy atom. The van der Waals surface area contributed by atoms with Crippen molar-refractivity contribution in [2.75, 3.05) is 0 Å². The number of fused-ring (bicyclic) bond motifs is 6. The summed E-state index contributed by atoms with van der Waals surface area (Å²) in [7, 11) is 20.0. The molecule has 2 N–H and O–H groups in total. The van der Waals surface area contributed by atoms with Crippen molar-refractivity contribution in [3.8, 4) is 146 Å². The Kier molecular flexibility index (Phi) is 29.4. The molecule has 18 rings (SSSR count). The van der Waals surface area contributed by atoms with Crippen LogP contribution in [-0.4, -0.2) is 93.3 Å². The minimum Gasteiger partial charge on any atom is 2.00 e. The van der Waals surface area contributed by atoms with Crippen molar-refractivity contribution in [3.63, 3.8) is 0 Å². The normalized spacial score (nSPS) is 11.7. The number of pyridine rings is 4. The number of aromatic nitrogens is 4. The van der Waals surface area contributed by atoms with Crippen LogP contribution in [0.2, 0.25) is 0 Å². The molecule has 0 unspecified atom stereocenters.